The van der Waals surface area contributed by atoms with Gasteiger partial charge in [-0.3, -0.25) is 4.79 Å². The van der Waals surface area contributed by atoms with Crippen LogP contribution in [0.4, 0.5) is 0 Å². The Morgan fingerprint density at radius 2 is 2.19 bits per heavy atom. The van der Waals surface area contributed by atoms with Gasteiger partial charge in [0.25, 0.3) is 0 Å². The fourth-order valence-corrected chi connectivity index (χ4v) is 2.88. The summed E-state index contributed by atoms with van der Waals surface area (Å²) in [6.45, 7) is 7.19. The number of carbonyl (C=O) groups excluding carboxylic acids is 1. The first-order chi connectivity index (χ1) is 7.46. The van der Waals surface area contributed by atoms with Crippen LogP contribution in [-0.2, 0) is 9.53 Å². The molecule has 1 heterocycles. The van der Waals surface area contributed by atoms with Crippen molar-refractivity contribution >= 4 is 5.91 Å². The summed E-state index contributed by atoms with van der Waals surface area (Å²) in [4.78, 5) is 12.0. The number of hydrogen-bond donors (Lipinski definition) is 1. The predicted molar refractivity (Wildman–Crippen MR) is 63.1 cm³/mol. The number of rotatable bonds is 2. The zero-order valence-corrected chi connectivity index (χ0v) is 10.6. The monoisotopic (exact) mass is 225 g/mol. The minimum atomic E-state index is 0.0821. The third-order valence-corrected chi connectivity index (χ3v) is 3.88. The minimum Gasteiger partial charge on any atom is -0.378 e. The van der Waals surface area contributed by atoms with E-state index >= 15 is 0 Å². The Hall–Kier alpha value is -0.570. The lowest BCUT2D eigenvalue weighted by Crippen LogP contribution is -2.38. The zero-order valence-electron chi connectivity index (χ0n) is 10.6. The van der Waals surface area contributed by atoms with Crippen LogP contribution in [0.25, 0.3) is 0 Å². The van der Waals surface area contributed by atoms with Crippen molar-refractivity contribution in [1.29, 1.82) is 0 Å². The van der Waals surface area contributed by atoms with Gasteiger partial charge >= 0.3 is 0 Å². The van der Waals surface area contributed by atoms with Crippen LogP contribution in [0.2, 0.25) is 0 Å². The first-order valence-corrected chi connectivity index (χ1v) is 6.38. The highest BCUT2D eigenvalue weighted by Crippen LogP contribution is 2.37. The van der Waals surface area contributed by atoms with Gasteiger partial charge in [-0.2, -0.15) is 0 Å². The molecule has 0 aromatic heterocycles. The topological polar surface area (TPSA) is 38.3 Å². The highest BCUT2D eigenvalue weighted by atomic mass is 16.5. The number of carbonyl (C=O) groups is 1. The van der Waals surface area contributed by atoms with Gasteiger partial charge in [0.1, 0.15) is 0 Å². The normalized spacial score (nSPS) is 37.6. The molecule has 1 aliphatic heterocycles. The molecule has 1 aliphatic carbocycles. The molecule has 2 rings (SSSR count). The third-order valence-electron chi connectivity index (χ3n) is 3.88. The molecule has 0 aromatic carbocycles. The van der Waals surface area contributed by atoms with E-state index < -0.39 is 0 Å². The minimum absolute atomic E-state index is 0.0821. The van der Waals surface area contributed by atoms with Crippen molar-refractivity contribution < 1.29 is 9.53 Å². The van der Waals surface area contributed by atoms with E-state index in [2.05, 4.69) is 19.2 Å². The van der Waals surface area contributed by atoms with Gasteiger partial charge in [-0.1, -0.05) is 13.8 Å². The third kappa shape index (κ3) is 2.76. The Morgan fingerprint density at radius 1 is 1.44 bits per heavy atom. The van der Waals surface area contributed by atoms with Crippen LogP contribution in [0.5, 0.6) is 0 Å². The van der Waals surface area contributed by atoms with E-state index in [4.69, 9.17) is 4.74 Å². The second-order valence-corrected chi connectivity index (χ2v) is 6.19. The van der Waals surface area contributed by atoms with Gasteiger partial charge in [-0.25, -0.2) is 0 Å². The number of hydrogen-bond acceptors (Lipinski definition) is 2. The molecular formula is C13H23NO2. The average Bonchev–Trinajstić information content (AvgIpc) is 2.73. The second-order valence-electron chi connectivity index (χ2n) is 6.19. The quantitative estimate of drug-likeness (QED) is 0.781. The molecule has 0 bridgehead atoms. The van der Waals surface area contributed by atoms with Crippen molar-refractivity contribution in [2.75, 3.05) is 6.61 Å². The Balaban J connectivity index is 1.80. The maximum Gasteiger partial charge on any atom is 0.225 e. The van der Waals surface area contributed by atoms with E-state index in [1.165, 1.54) is 6.42 Å². The van der Waals surface area contributed by atoms with Gasteiger partial charge in [0, 0.05) is 6.04 Å². The summed E-state index contributed by atoms with van der Waals surface area (Å²) >= 11 is 0. The van der Waals surface area contributed by atoms with Crippen LogP contribution in [-0.4, -0.2) is 24.7 Å². The molecule has 0 radical (unpaired) electrons. The summed E-state index contributed by atoms with van der Waals surface area (Å²) < 4.78 is 5.43. The summed E-state index contributed by atoms with van der Waals surface area (Å²) in [5.74, 6) is 0.283. The van der Waals surface area contributed by atoms with E-state index in [0.29, 0.717) is 18.1 Å². The standard InChI is InChI=1S/C13H23NO2/c1-9-6-10(8-16-9)12(15)14-11-4-5-13(2,3)7-11/h9-11H,4-8H2,1-3H3,(H,14,15). The number of ether oxygens (including phenoxy) is 1. The lowest BCUT2D eigenvalue weighted by atomic mass is 9.92. The van der Waals surface area contributed by atoms with Gasteiger partial charge in [0.15, 0.2) is 0 Å². The van der Waals surface area contributed by atoms with E-state index in [9.17, 15) is 4.79 Å². The smallest absolute Gasteiger partial charge is 0.225 e. The molecule has 0 aromatic rings. The first kappa shape index (κ1) is 11.9. The summed E-state index contributed by atoms with van der Waals surface area (Å²) in [7, 11) is 0. The van der Waals surface area contributed by atoms with E-state index in [1.807, 2.05) is 6.92 Å². The van der Waals surface area contributed by atoms with Crippen molar-refractivity contribution in [1.82, 2.24) is 5.32 Å². The van der Waals surface area contributed by atoms with Crippen molar-refractivity contribution in [2.24, 2.45) is 11.3 Å². The maximum atomic E-state index is 12.0. The molecule has 92 valence electrons. The highest BCUT2D eigenvalue weighted by Gasteiger charge is 2.34. The molecule has 3 unspecified atom stereocenters. The lowest BCUT2D eigenvalue weighted by Gasteiger charge is -2.19. The Labute approximate surface area is 97.9 Å². The van der Waals surface area contributed by atoms with E-state index in [1.54, 1.807) is 0 Å². The van der Waals surface area contributed by atoms with Crippen LogP contribution < -0.4 is 5.32 Å². The zero-order chi connectivity index (χ0) is 11.8. The molecule has 1 saturated heterocycles. The SMILES string of the molecule is CC1CC(C(=O)NC2CCC(C)(C)C2)CO1. The van der Waals surface area contributed by atoms with Gasteiger partial charge in [-0.15, -0.1) is 0 Å². The molecule has 3 atom stereocenters. The lowest BCUT2D eigenvalue weighted by molar-refractivity contribution is -0.125. The predicted octanol–water partition coefficient (Wildman–Crippen LogP) is 2.11. The average molecular weight is 225 g/mol. The Morgan fingerprint density at radius 3 is 2.69 bits per heavy atom. The summed E-state index contributed by atoms with van der Waals surface area (Å²) in [6, 6.07) is 0.387. The maximum absolute atomic E-state index is 12.0. The molecule has 0 spiro atoms. The Kier molecular flexibility index (Phi) is 3.24. The van der Waals surface area contributed by atoms with Crippen LogP contribution >= 0.6 is 0 Å². The summed E-state index contributed by atoms with van der Waals surface area (Å²) in [6.07, 6.45) is 4.58. The first-order valence-electron chi connectivity index (χ1n) is 6.38. The van der Waals surface area contributed by atoms with Crippen LogP contribution in [0, 0.1) is 11.3 Å². The summed E-state index contributed by atoms with van der Waals surface area (Å²) in [5.41, 5.74) is 0.400. The molecule has 3 nitrogen and oxygen atoms in total. The van der Waals surface area contributed by atoms with Crippen molar-refractivity contribution in [2.45, 2.75) is 58.6 Å². The fraction of sp³-hybridized carbons (Fsp3) is 0.923. The fourth-order valence-electron chi connectivity index (χ4n) is 2.88. The second kappa shape index (κ2) is 4.36. The van der Waals surface area contributed by atoms with Crippen LogP contribution in [0.15, 0.2) is 0 Å². The van der Waals surface area contributed by atoms with Crippen LogP contribution in [0.3, 0.4) is 0 Å². The molecule has 3 heteroatoms. The number of amides is 1. The molecule has 1 amide bonds. The molecule has 2 fully saturated rings. The van der Waals surface area contributed by atoms with E-state index in [0.717, 1.165) is 19.3 Å². The van der Waals surface area contributed by atoms with Crippen LogP contribution in [0.1, 0.15) is 46.5 Å². The van der Waals surface area contributed by atoms with Gasteiger partial charge < -0.3 is 10.1 Å². The van der Waals surface area contributed by atoms with Gasteiger partial charge in [0.2, 0.25) is 5.91 Å². The Bertz CT molecular complexity index is 275. The molecular weight excluding hydrogens is 202 g/mol. The molecule has 1 N–H and O–H groups in total. The largest absolute Gasteiger partial charge is 0.378 e. The van der Waals surface area contributed by atoms with Crippen molar-refractivity contribution in [3.05, 3.63) is 0 Å². The molecule has 2 aliphatic rings. The molecule has 1 saturated carbocycles. The number of nitrogens with one attached hydrogen (secondary N) is 1. The van der Waals surface area contributed by atoms with Gasteiger partial charge in [0.05, 0.1) is 18.6 Å². The molecule has 16 heavy (non-hydrogen) atoms. The van der Waals surface area contributed by atoms with Gasteiger partial charge in [-0.05, 0) is 38.0 Å². The van der Waals surface area contributed by atoms with Crippen molar-refractivity contribution in [3.63, 3.8) is 0 Å². The van der Waals surface area contributed by atoms with Crippen molar-refractivity contribution in [3.8, 4) is 0 Å². The summed E-state index contributed by atoms with van der Waals surface area (Å²) in [5, 5.41) is 3.18. The van der Waals surface area contributed by atoms with E-state index in [-0.39, 0.29) is 17.9 Å². The highest BCUT2D eigenvalue weighted by molar-refractivity contribution is 5.79.